The molecule has 0 unspecified atom stereocenters. The van der Waals surface area contributed by atoms with Gasteiger partial charge in [-0.05, 0) is 0 Å². The van der Waals surface area contributed by atoms with Crippen molar-refractivity contribution in [1.29, 1.82) is 0 Å². The molecule has 1 aliphatic rings. The second-order valence-electron chi connectivity index (χ2n) is 4.37. The summed E-state index contributed by atoms with van der Waals surface area (Å²) < 4.78 is 5.32. The molecule has 102 valence electrons. The Bertz CT molecular complexity index is 691. The van der Waals surface area contributed by atoms with Gasteiger partial charge in [-0.1, -0.05) is 23.7 Å². The van der Waals surface area contributed by atoms with E-state index in [4.69, 9.17) is 16.3 Å². The molecule has 0 N–H and O–H groups in total. The average molecular weight is 292 g/mol. The van der Waals surface area contributed by atoms with E-state index >= 15 is 0 Å². The summed E-state index contributed by atoms with van der Waals surface area (Å²) >= 11 is 6.13. The second-order valence-corrected chi connectivity index (χ2v) is 4.73. The number of nitro groups is 1. The summed E-state index contributed by atoms with van der Waals surface area (Å²) in [5.41, 5.74) is 2.23. The number of ether oxygens (including phenoxy) is 1. The predicted octanol–water partition coefficient (Wildman–Crippen LogP) is 2.78. The SMILES string of the molecule is O=[N+]([O-])c1cccc(-c2nc(Cl)c3c(n2)CCOC3)c1. The predicted molar refractivity (Wildman–Crippen MR) is 72.5 cm³/mol. The maximum absolute atomic E-state index is 10.8. The van der Waals surface area contributed by atoms with Crippen LogP contribution in [-0.2, 0) is 17.8 Å². The van der Waals surface area contributed by atoms with Crippen LogP contribution in [0.15, 0.2) is 24.3 Å². The van der Waals surface area contributed by atoms with E-state index in [1.165, 1.54) is 12.1 Å². The molecular formula is C13H10ClN3O3. The van der Waals surface area contributed by atoms with Gasteiger partial charge in [0.25, 0.3) is 5.69 Å². The molecule has 0 fully saturated rings. The zero-order valence-corrected chi connectivity index (χ0v) is 11.1. The number of fused-ring (bicyclic) bond motifs is 1. The van der Waals surface area contributed by atoms with Crippen LogP contribution in [0.4, 0.5) is 5.69 Å². The third-order valence-corrected chi connectivity index (χ3v) is 3.40. The normalized spacial score (nSPS) is 13.8. The Hall–Kier alpha value is -2.05. The molecule has 1 aromatic heterocycles. The van der Waals surface area contributed by atoms with Gasteiger partial charge in [0.15, 0.2) is 5.82 Å². The van der Waals surface area contributed by atoms with E-state index in [0.29, 0.717) is 36.2 Å². The Labute approximate surface area is 119 Å². The fourth-order valence-corrected chi connectivity index (χ4v) is 2.32. The van der Waals surface area contributed by atoms with E-state index in [1.54, 1.807) is 12.1 Å². The molecule has 3 rings (SSSR count). The van der Waals surface area contributed by atoms with Crippen LogP contribution in [0.25, 0.3) is 11.4 Å². The molecular weight excluding hydrogens is 282 g/mol. The smallest absolute Gasteiger partial charge is 0.270 e. The molecule has 6 nitrogen and oxygen atoms in total. The van der Waals surface area contributed by atoms with Crippen molar-refractivity contribution in [3.8, 4) is 11.4 Å². The molecule has 2 heterocycles. The zero-order chi connectivity index (χ0) is 14.1. The number of non-ortho nitro benzene ring substituents is 1. The van der Waals surface area contributed by atoms with Gasteiger partial charge in [-0.2, -0.15) is 0 Å². The maximum Gasteiger partial charge on any atom is 0.270 e. The molecule has 7 heteroatoms. The molecule has 2 aromatic rings. The zero-order valence-electron chi connectivity index (χ0n) is 10.4. The molecule has 1 aromatic carbocycles. The highest BCUT2D eigenvalue weighted by Crippen LogP contribution is 2.27. The number of benzene rings is 1. The summed E-state index contributed by atoms with van der Waals surface area (Å²) in [6.45, 7) is 0.998. The Kier molecular flexibility index (Phi) is 3.33. The van der Waals surface area contributed by atoms with Crippen molar-refractivity contribution in [2.24, 2.45) is 0 Å². The Morgan fingerprint density at radius 2 is 2.20 bits per heavy atom. The Balaban J connectivity index is 2.08. The molecule has 1 aliphatic heterocycles. The summed E-state index contributed by atoms with van der Waals surface area (Å²) in [4.78, 5) is 19.0. The van der Waals surface area contributed by atoms with Gasteiger partial charge in [-0.25, -0.2) is 9.97 Å². The summed E-state index contributed by atoms with van der Waals surface area (Å²) in [6.07, 6.45) is 0.666. The third kappa shape index (κ3) is 2.35. The fourth-order valence-electron chi connectivity index (χ4n) is 2.08. The first-order valence-corrected chi connectivity index (χ1v) is 6.41. The van der Waals surface area contributed by atoms with Gasteiger partial charge in [-0.15, -0.1) is 0 Å². The topological polar surface area (TPSA) is 78.2 Å². The van der Waals surface area contributed by atoms with Gasteiger partial charge in [0.1, 0.15) is 5.15 Å². The van der Waals surface area contributed by atoms with Crippen LogP contribution in [0, 0.1) is 10.1 Å². The number of halogens is 1. The summed E-state index contributed by atoms with van der Waals surface area (Å²) in [7, 11) is 0. The molecule has 0 aliphatic carbocycles. The number of nitrogens with zero attached hydrogens (tertiary/aromatic N) is 3. The van der Waals surface area contributed by atoms with Gasteiger partial charge < -0.3 is 4.74 Å². The molecule has 0 saturated carbocycles. The number of rotatable bonds is 2. The third-order valence-electron chi connectivity index (χ3n) is 3.09. The highest BCUT2D eigenvalue weighted by molar-refractivity contribution is 6.30. The van der Waals surface area contributed by atoms with Crippen LogP contribution in [0.5, 0.6) is 0 Å². The van der Waals surface area contributed by atoms with Gasteiger partial charge in [0.05, 0.1) is 23.8 Å². The highest BCUT2D eigenvalue weighted by atomic mass is 35.5. The van der Waals surface area contributed by atoms with Crippen molar-refractivity contribution in [2.75, 3.05) is 6.61 Å². The molecule has 0 saturated heterocycles. The lowest BCUT2D eigenvalue weighted by molar-refractivity contribution is -0.384. The standard InChI is InChI=1S/C13H10ClN3O3/c14-12-10-7-20-5-4-11(10)15-13(16-12)8-2-1-3-9(6-8)17(18)19/h1-3,6H,4-5,7H2. The van der Waals surface area contributed by atoms with E-state index in [9.17, 15) is 10.1 Å². The summed E-state index contributed by atoms with van der Waals surface area (Å²) in [5.74, 6) is 0.402. The van der Waals surface area contributed by atoms with Crippen LogP contribution in [0.2, 0.25) is 5.15 Å². The van der Waals surface area contributed by atoms with Crippen molar-refractivity contribution in [3.63, 3.8) is 0 Å². The first-order chi connectivity index (χ1) is 9.65. The first kappa shape index (κ1) is 13.0. The van der Waals surface area contributed by atoms with Crippen LogP contribution in [0.1, 0.15) is 11.3 Å². The van der Waals surface area contributed by atoms with Crippen LogP contribution in [0.3, 0.4) is 0 Å². The highest BCUT2D eigenvalue weighted by Gasteiger charge is 2.18. The molecule has 0 spiro atoms. The van der Waals surface area contributed by atoms with Crippen LogP contribution >= 0.6 is 11.6 Å². The molecule has 0 amide bonds. The Morgan fingerprint density at radius 1 is 1.35 bits per heavy atom. The van der Waals surface area contributed by atoms with Gasteiger partial charge in [-0.3, -0.25) is 10.1 Å². The first-order valence-electron chi connectivity index (χ1n) is 6.03. The maximum atomic E-state index is 10.8. The van der Waals surface area contributed by atoms with E-state index in [0.717, 1.165) is 11.3 Å². The summed E-state index contributed by atoms with van der Waals surface area (Å²) in [5, 5.41) is 11.1. The number of hydrogen-bond acceptors (Lipinski definition) is 5. The largest absolute Gasteiger partial charge is 0.376 e. The minimum Gasteiger partial charge on any atom is -0.376 e. The van der Waals surface area contributed by atoms with Crippen molar-refractivity contribution in [1.82, 2.24) is 9.97 Å². The van der Waals surface area contributed by atoms with Crippen LogP contribution in [-0.4, -0.2) is 21.5 Å². The number of hydrogen-bond donors (Lipinski definition) is 0. The van der Waals surface area contributed by atoms with E-state index < -0.39 is 4.92 Å². The minimum absolute atomic E-state index is 0.00303. The quantitative estimate of drug-likeness (QED) is 0.483. The van der Waals surface area contributed by atoms with Gasteiger partial charge in [0, 0.05) is 29.7 Å². The number of aromatic nitrogens is 2. The van der Waals surface area contributed by atoms with E-state index in [-0.39, 0.29) is 5.69 Å². The van der Waals surface area contributed by atoms with E-state index in [2.05, 4.69) is 9.97 Å². The monoisotopic (exact) mass is 291 g/mol. The molecule has 0 bridgehead atoms. The fraction of sp³-hybridized carbons (Fsp3) is 0.231. The van der Waals surface area contributed by atoms with Crippen LogP contribution < -0.4 is 0 Å². The Morgan fingerprint density at radius 3 is 3.00 bits per heavy atom. The van der Waals surface area contributed by atoms with Crippen molar-refractivity contribution in [3.05, 3.63) is 50.8 Å². The van der Waals surface area contributed by atoms with Crippen molar-refractivity contribution in [2.45, 2.75) is 13.0 Å². The van der Waals surface area contributed by atoms with E-state index in [1.807, 2.05) is 0 Å². The van der Waals surface area contributed by atoms with Gasteiger partial charge >= 0.3 is 0 Å². The summed E-state index contributed by atoms with van der Waals surface area (Å²) in [6, 6.07) is 6.20. The van der Waals surface area contributed by atoms with Gasteiger partial charge in [0.2, 0.25) is 0 Å². The lowest BCUT2D eigenvalue weighted by atomic mass is 10.1. The molecule has 0 radical (unpaired) electrons. The molecule has 0 atom stereocenters. The lowest BCUT2D eigenvalue weighted by Crippen LogP contribution is -2.14. The minimum atomic E-state index is -0.447. The average Bonchev–Trinajstić information content (AvgIpc) is 2.47. The number of nitro benzene ring substituents is 1. The van der Waals surface area contributed by atoms with Crippen molar-refractivity contribution < 1.29 is 9.66 Å². The molecule has 20 heavy (non-hydrogen) atoms. The van der Waals surface area contributed by atoms with Crippen molar-refractivity contribution >= 4 is 17.3 Å². The second kappa shape index (κ2) is 5.15. The lowest BCUT2D eigenvalue weighted by Gasteiger charge is -2.17.